The predicted molar refractivity (Wildman–Crippen MR) is 120 cm³/mol. The Kier molecular flexibility index (Phi) is 5.52. The molecule has 0 amide bonds. The first-order valence-electron chi connectivity index (χ1n) is 9.64. The second kappa shape index (κ2) is 8.09. The lowest BCUT2D eigenvalue weighted by Gasteiger charge is -2.15. The smallest absolute Gasteiger partial charge is 0.237 e. The van der Waals surface area contributed by atoms with E-state index in [0.717, 1.165) is 26.4 Å². The van der Waals surface area contributed by atoms with Crippen LogP contribution < -0.4 is 0 Å². The average Bonchev–Trinajstić information content (AvgIpc) is 3.03. The largest absolute Gasteiger partial charge is 0.268 e. The maximum Gasteiger partial charge on any atom is 0.268 e. The molecule has 4 rings (SSSR count). The SMILES string of the molecule is CC(C)Cc1c(Sc2ccccc2)c2ccccc2n1S(=O)(=O)c1ccccc1. The first kappa shape index (κ1) is 19.8. The minimum Gasteiger partial charge on any atom is -0.237 e. The molecule has 0 aliphatic carbocycles. The molecule has 5 heteroatoms. The molecule has 0 bridgehead atoms. The molecule has 0 N–H and O–H groups in total. The first-order chi connectivity index (χ1) is 14.0. The maximum atomic E-state index is 13.7. The normalized spacial score (nSPS) is 12.0. The van der Waals surface area contributed by atoms with Gasteiger partial charge in [0.15, 0.2) is 0 Å². The number of para-hydroxylation sites is 1. The van der Waals surface area contributed by atoms with Gasteiger partial charge in [0.2, 0.25) is 0 Å². The zero-order valence-corrected chi connectivity index (χ0v) is 18.1. The van der Waals surface area contributed by atoms with Crippen LogP contribution in [0.25, 0.3) is 10.9 Å². The third-order valence-electron chi connectivity index (χ3n) is 4.72. The van der Waals surface area contributed by atoms with E-state index < -0.39 is 10.0 Å². The molecule has 1 heterocycles. The standard InChI is InChI=1S/C24H23NO2S2/c1-18(2)17-23-24(28-19-11-5-3-6-12-19)21-15-9-10-16-22(21)25(23)29(26,27)20-13-7-4-8-14-20/h3-16,18H,17H2,1-2H3. The second-order valence-electron chi connectivity index (χ2n) is 7.39. The third-order valence-corrected chi connectivity index (χ3v) is 7.65. The molecule has 0 unspecified atom stereocenters. The Morgan fingerprint density at radius 1 is 0.828 bits per heavy atom. The van der Waals surface area contributed by atoms with Gasteiger partial charge in [0.25, 0.3) is 10.0 Å². The monoisotopic (exact) mass is 421 g/mol. The van der Waals surface area contributed by atoms with Gasteiger partial charge in [-0.2, -0.15) is 0 Å². The molecule has 3 nitrogen and oxygen atoms in total. The van der Waals surface area contributed by atoms with Gasteiger partial charge in [-0.15, -0.1) is 0 Å². The lowest BCUT2D eigenvalue weighted by molar-refractivity contribution is 0.578. The topological polar surface area (TPSA) is 39.1 Å². The Labute approximate surface area is 176 Å². The van der Waals surface area contributed by atoms with Gasteiger partial charge in [-0.05, 0) is 42.7 Å². The van der Waals surface area contributed by atoms with Gasteiger partial charge in [-0.25, -0.2) is 12.4 Å². The van der Waals surface area contributed by atoms with E-state index in [9.17, 15) is 8.42 Å². The molecule has 0 saturated carbocycles. The fourth-order valence-electron chi connectivity index (χ4n) is 3.49. The van der Waals surface area contributed by atoms with Gasteiger partial charge in [0.05, 0.1) is 10.4 Å². The molecule has 0 radical (unpaired) electrons. The minimum atomic E-state index is -3.71. The summed E-state index contributed by atoms with van der Waals surface area (Å²) >= 11 is 1.63. The van der Waals surface area contributed by atoms with Gasteiger partial charge in [0, 0.05) is 20.9 Å². The van der Waals surface area contributed by atoms with Crippen LogP contribution in [0.4, 0.5) is 0 Å². The highest BCUT2D eigenvalue weighted by atomic mass is 32.2. The van der Waals surface area contributed by atoms with Crippen LogP contribution in [0, 0.1) is 5.92 Å². The summed E-state index contributed by atoms with van der Waals surface area (Å²) in [5, 5.41) is 0.969. The molecule has 0 aliphatic heterocycles. The molecule has 0 saturated heterocycles. The van der Waals surface area contributed by atoms with Crippen molar-refractivity contribution in [2.45, 2.75) is 35.0 Å². The van der Waals surface area contributed by atoms with Crippen molar-refractivity contribution in [1.29, 1.82) is 0 Å². The summed E-state index contributed by atoms with van der Waals surface area (Å²) in [4.78, 5) is 2.42. The minimum absolute atomic E-state index is 0.307. The summed E-state index contributed by atoms with van der Waals surface area (Å²) in [6, 6.07) is 26.6. The van der Waals surface area contributed by atoms with Crippen molar-refractivity contribution in [2.75, 3.05) is 0 Å². The number of hydrogen-bond donors (Lipinski definition) is 0. The molecule has 29 heavy (non-hydrogen) atoms. The van der Waals surface area contributed by atoms with E-state index in [1.54, 1.807) is 40.0 Å². The molecule has 0 atom stereocenters. The van der Waals surface area contributed by atoms with E-state index in [2.05, 4.69) is 26.0 Å². The van der Waals surface area contributed by atoms with E-state index in [1.807, 2.05) is 48.5 Å². The Morgan fingerprint density at radius 3 is 2.07 bits per heavy atom. The molecular weight excluding hydrogens is 398 g/mol. The molecule has 1 aromatic heterocycles. The van der Waals surface area contributed by atoms with Gasteiger partial charge < -0.3 is 0 Å². The van der Waals surface area contributed by atoms with E-state index in [0.29, 0.717) is 17.2 Å². The van der Waals surface area contributed by atoms with Crippen LogP contribution in [-0.2, 0) is 16.4 Å². The maximum absolute atomic E-state index is 13.7. The van der Waals surface area contributed by atoms with Crippen molar-refractivity contribution < 1.29 is 8.42 Å². The van der Waals surface area contributed by atoms with Gasteiger partial charge in [0.1, 0.15) is 0 Å². The van der Waals surface area contributed by atoms with Crippen LogP contribution in [0.5, 0.6) is 0 Å². The summed E-state index contributed by atoms with van der Waals surface area (Å²) in [5.74, 6) is 0.319. The summed E-state index contributed by atoms with van der Waals surface area (Å²) in [5.41, 5.74) is 1.57. The van der Waals surface area contributed by atoms with Crippen LogP contribution in [0.3, 0.4) is 0 Å². The second-order valence-corrected chi connectivity index (χ2v) is 10.3. The van der Waals surface area contributed by atoms with E-state index >= 15 is 0 Å². The quantitative estimate of drug-likeness (QED) is 0.370. The highest BCUT2D eigenvalue weighted by molar-refractivity contribution is 7.99. The van der Waals surface area contributed by atoms with E-state index in [4.69, 9.17) is 0 Å². The molecule has 148 valence electrons. The molecule has 0 spiro atoms. The zero-order chi connectivity index (χ0) is 20.4. The van der Waals surface area contributed by atoms with Crippen LogP contribution >= 0.6 is 11.8 Å². The van der Waals surface area contributed by atoms with Gasteiger partial charge in [-0.1, -0.05) is 80.2 Å². The molecule has 4 aromatic rings. The summed E-state index contributed by atoms with van der Waals surface area (Å²) in [7, 11) is -3.71. The molecular formula is C24H23NO2S2. The highest BCUT2D eigenvalue weighted by Gasteiger charge is 2.27. The zero-order valence-electron chi connectivity index (χ0n) is 16.4. The molecule has 0 aliphatic rings. The molecule has 3 aromatic carbocycles. The van der Waals surface area contributed by atoms with E-state index in [-0.39, 0.29) is 0 Å². The number of aromatic nitrogens is 1. The first-order valence-corrected chi connectivity index (χ1v) is 11.9. The summed E-state index contributed by atoms with van der Waals surface area (Å²) < 4.78 is 28.9. The van der Waals surface area contributed by atoms with E-state index in [1.165, 1.54) is 0 Å². The predicted octanol–water partition coefficient (Wildman–Crippen LogP) is 6.23. The Balaban J connectivity index is 2.01. The average molecular weight is 422 g/mol. The fraction of sp³-hybridized carbons (Fsp3) is 0.167. The third kappa shape index (κ3) is 3.85. The number of fused-ring (bicyclic) bond motifs is 1. The van der Waals surface area contributed by atoms with Crippen molar-refractivity contribution in [3.63, 3.8) is 0 Å². The van der Waals surface area contributed by atoms with Crippen molar-refractivity contribution >= 4 is 32.7 Å². The fourth-order valence-corrected chi connectivity index (χ4v) is 6.24. The Bertz CT molecular complexity index is 1230. The number of hydrogen-bond acceptors (Lipinski definition) is 3. The number of rotatable bonds is 6. The van der Waals surface area contributed by atoms with Crippen molar-refractivity contribution in [2.24, 2.45) is 5.92 Å². The number of nitrogens with zero attached hydrogens (tertiary/aromatic N) is 1. The summed E-state index contributed by atoms with van der Waals surface area (Å²) in [6.07, 6.45) is 0.676. The molecule has 0 fully saturated rings. The summed E-state index contributed by atoms with van der Waals surface area (Å²) in [6.45, 7) is 4.24. The van der Waals surface area contributed by atoms with Crippen molar-refractivity contribution in [3.8, 4) is 0 Å². The van der Waals surface area contributed by atoms with Crippen LogP contribution in [0.2, 0.25) is 0 Å². The number of benzene rings is 3. The van der Waals surface area contributed by atoms with Crippen LogP contribution in [0.1, 0.15) is 19.5 Å². The Hall–Kier alpha value is -2.50. The Morgan fingerprint density at radius 2 is 1.41 bits per heavy atom. The lowest BCUT2D eigenvalue weighted by Crippen LogP contribution is -2.17. The van der Waals surface area contributed by atoms with Crippen LogP contribution in [0.15, 0.2) is 99.6 Å². The van der Waals surface area contributed by atoms with Crippen molar-refractivity contribution in [3.05, 3.63) is 90.6 Å². The highest BCUT2D eigenvalue weighted by Crippen LogP contribution is 2.41. The van der Waals surface area contributed by atoms with Crippen LogP contribution in [-0.4, -0.2) is 12.4 Å². The van der Waals surface area contributed by atoms with Gasteiger partial charge >= 0.3 is 0 Å². The van der Waals surface area contributed by atoms with Crippen molar-refractivity contribution in [1.82, 2.24) is 3.97 Å². The lowest BCUT2D eigenvalue weighted by atomic mass is 10.1. The van der Waals surface area contributed by atoms with Gasteiger partial charge in [-0.3, -0.25) is 0 Å².